The number of hydrogen-bond acceptors (Lipinski definition) is 4. The van der Waals surface area contributed by atoms with Crippen LogP contribution in [0, 0.1) is 0 Å². The van der Waals surface area contributed by atoms with Crippen LogP contribution in [0.15, 0.2) is 15.5 Å². The Bertz CT molecular complexity index is 528. The largest absolute Gasteiger partial charge is 0.378 e. The average Bonchev–Trinajstić information content (AvgIpc) is 2.34. The molecular formula is C11H15BrN4O2. The molecule has 1 N–H and O–H groups in total. The number of carbonyl (C=O) groups is 1. The summed E-state index contributed by atoms with van der Waals surface area (Å²) >= 11 is 3.27. The third-order valence-corrected chi connectivity index (χ3v) is 3.83. The molecule has 1 aromatic heterocycles. The maximum atomic E-state index is 11.7. The van der Waals surface area contributed by atoms with Crippen molar-refractivity contribution in [2.24, 2.45) is 7.05 Å². The molecule has 0 radical (unpaired) electrons. The molecule has 2 heterocycles. The first-order chi connectivity index (χ1) is 8.49. The Morgan fingerprint density at radius 3 is 2.83 bits per heavy atom. The molecule has 0 unspecified atom stereocenters. The minimum atomic E-state index is -0.180. The van der Waals surface area contributed by atoms with Crippen LogP contribution in [0.5, 0.6) is 0 Å². The predicted octanol–water partition coefficient (Wildman–Crippen LogP) is 0.575. The Morgan fingerprint density at radius 1 is 1.44 bits per heavy atom. The summed E-state index contributed by atoms with van der Waals surface area (Å²) in [6.07, 6.45) is 2.91. The van der Waals surface area contributed by atoms with Crippen molar-refractivity contribution in [3.63, 3.8) is 0 Å². The number of halogens is 1. The van der Waals surface area contributed by atoms with Gasteiger partial charge >= 0.3 is 0 Å². The predicted molar refractivity (Wildman–Crippen MR) is 71.5 cm³/mol. The number of rotatable bonds is 2. The number of amides is 1. The second-order valence-electron chi connectivity index (χ2n) is 4.46. The highest BCUT2D eigenvalue weighted by atomic mass is 79.9. The molecule has 1 aliphatic heterocycles. The van der Waals surface area contributed by atoms with E-state index in [2.05, 4.69) is 26.3 Å². The van der Waals surface area contributed by atoms with Crippen molar-refractivity contribution in [1.29, 1.82) is 0 Å². The van der Waals surface area contributed by atoms with Gasteiger partial charge in [-0.05, 0) is 22.4 Å². The van der Waals surface area contributed by atoms with E-state index in [1.54, 1.807) is 25.2 Å². The fourth-order valence-corrected chi connectivity index (χ4v) is 2.43. The molecule has 0 aromatic carbocycles. The van der Waals surface area contributed by atoms with Crippen LogP contribution in [0.1, 0.15) is 12.8 Å². The summed E-state index contributed by atoms with van der Waals surface area (Å²) in [7, 11) is 3.39. The van der Waals surface area contributed by atoms with E-state index >= 15 is 0 Å². The lowest BCUT2D eigenvalue weighted by Gasteiger charge is -2.30. The lowest BCUT2D eigenvalue weighted by atomic mass is 10.1. The Kier molecular flexibility index (Phi) is 3.70. The Balaban J connectivity index is 2.13. The molecule has 7 heteroatoms. The fourth-order valence-electron chi connectivity index (χ4n) is 1.96. The van der Waals surface area contributed by atoms with Crippen LogP contribution in [0.4, 0.5) is 5.69 Å². The van der Waals surface area contributed by atoms with Crippen molar-refractivity contribution < 1.29 is 4.79 Å². The van der Waals surface area contributed by atoms with E-state index in [1.807, 2.05) is 0 Å². The summed E-state index contributed by atoms with van der Waals surface area (Å²) in [5.74, 6) is 0.161. The number of anilines is 1. The molecule has 0 aliphatic carbocycles. The molecule has 98 valence electrons. The number of hydrogen-bond donors (Lipinski definition) is 1. The number of nitrogens with zero attached hydrogens (tertiary/aromatic N) is 3. The molecule has 1 fully saturated rings. The number of carbonyl (C=O) groups excluding carboxylic acids is 1. The zero-order valence-corrected chi connectivity index (χ0v) is 11.9. The van der Waals surface area contributed by atoms with Gasteiger partial charge in [-0.2, -0.15) is 5.10 Å². The quantitative estimate of drug-likeness (QED) is 0.867. The summed E-state index contributed by atoms with van der Waals surface area (Å²) in [4.78, 5) is 24.8. The number of nitrogens with one attached hydrogen (secondary N) is 1. The molecule has 0 bridgehead atoms. The van der Waals surface area contributed by atoms with Crippen molar-refractivity contribution in [2.45, 2.75) is 18.9 Å². The minimum Gasteiger partial charge on any atom is -0.378 e. The van der Waals surface area contributed by atoms with Crippen molar-refractivity contribution in [3.05, 3.63) is 21.0 Å². The molecular weight excluding hydrogens is 300 g/mol. The van der Waals surface area contributed by atoms with E-state index in [1.165, 1.54) is 4.68 Å². The van der Waals surface area contributed by atoms with Gasteiger partial charge in [0.1, 0.15) is 4.47 Å². The minimum absolute atomic E-state index is 0.151. The summed E-state index contributed by atoms with van der Waals surface area (Å²) in [5, 5.41) is 7.22. The Morgan fingerprint density at radius 2 is 2.17 bits per heavy atom. The second-order valence-corrected chi connectivity index (χ2v) is 5.25. The van der Waals surface area contributed by atoms with E-state index < -0.39 is 0 Å². The maximum absolute atomic E-state index is 11.7. The van der Waals surface area contributed by atoms with Gasteiger partial charge in [-0.1, -0.05) is 0 Å². The van der Waals surface area contributed by atoms with Crippen LogP contribution in [-0.2, 0) is 11.8 Å². The number of likely N-dealkylation sites (tertiary alicyclic amines) is 1. The number of aryl methyl sites for hydroxylation is 1. The van der Waals surface area contributed by atoms with Gasteiger partial charge in [0, 0.05) is 33.1 Å². The van der Waals surface area contributed by atoms with Gasteiger partial charge in [0.25, 0.3) is 5.56 Å². The normalized spacial score (nSPS) is 20.1. The first kappa shape index (κ1) is 13.1. The van der Waals surface area contributed by atoms with Gasteiger partial charge in [0.05, 0.1) is 11.9 Å². The SMILES string of the molecule is CN1C[C@@H](Nc2cnn(C)c(=O)c2Br)CCC1=O. The zero-order chi connectivity index (χ0) is 13.3. The van der Waals surface area contributed by atoms with E-state index in [0.717, 1.165) is 6.42 Å². The van der Waals surface area contributed by atoms with Crippen molar-refractivity contribution in [2.75, 3.05) is 18.9 Å². The summed E-state index contributed by atoms with van der Waals surface area (Å²) in [5.41, 5.74) is 0.492. The third kappa shape index (κ3) is 2.55. The van der Waals surface area contributed by atoms with E-state index in [0.29, 0.717) is 23.1 Å². The molecule has 2 rings (SSSR count). The van der Waals surface area contributed by atoms with Crippen LogP contribution in [0.2, 0.25) is 0 Å². The number of likely N-dealkylation sites (N-methyl/N-ethyl adjacent to an activating group) is 1. The van der Waals surface area contributed by atoms with Gasteiger partial charge in [-0.25, -0.2) is 4.68 Å². The fraction of sp³-hybridized carbons (Fsp3) is 0.545. The molecule has 6 nitrogen and oxygen atoms in total. The van der Waals surface area contributed by atoms with Crippen molar-refractivity contribution in [1.82, 2.24) is 14.7 Å². The van der Waals surface area contributed by atoms with Crippen LogP contribution in [0.3, 0.4) is 0 Å². The van der Waals surface area contributed by atoms with Crippen LogP contribution in [0.25, 0.3) is 0 Å². The standard InChI is InChI=1S/C11H15BrN4O2/c1-15-6-7(3-4-9(15)17)14-8-5-13-16(2)11(18)10(8)12/h5,7,14H,3-4,6H2,1-2H3/t7-/m0/s1. The molecule has 18 heavy (non-hydrogen) atoms. The highest BCUT2D eigenvalue weighted by molar-refractivity contribution is 9.10. The molecule has 0 saturated carbocycles. The topological polar surface area (TPSA) is 67.2 Å². The van der Waals surface area contributed by atoms with E-state index in [4.69, 9.17) is 0 Å². The Labute approximate surface area is 113 Å². The average molecular weight is 315 g/mol. The smallest absolute Gasteiger partial charge is 0.282 e. The summed E-state index contributed by atoms with van der Waals surface area (Å²) < 4.78 is 1.74. The lowest BCUT2D eigenvalue weighted by Crippen LogP contribution is -2.43. The van der Waals surface area contributed by atoms with Gasteiger partial charge in [0.2, 0.25) is 5.91 Å². The molecule has 1 aromatic rings. The lowest BCUT2D eigenvalue weighted by molar-refractivity contribution is -0.132. The van der Waals surface area contributed by atoms with E-state index in [-0.39, 0.29) is 17.5 Å². The van der Waals surface area contributed by atoms with Gasteiger partial charge in [-0.3, -0.25) is 9.59 Å². The summed E-state index contributed by atoms with van der Waals surface area (Å²) in [6.45, 7) is 0.639. The zero-order valence-electron chi connectivity index (χ0n) is 10.3. The molecule has 1 atom stereocenters. The van der Waals surface area contributed by atoms with E-state index in [9.17, 15) is 9.59 Å². The van der Waals surface area contributed by atoms with Crippen LogP contribution in [-0.4, -0.2) is 40.2 Å². The van der Waals surface area contributed by atoms with Crippen molar-refractivity contribution in [3.8, 4) is 0 Å². The first-order valence-electron chi connectivity index (χ1n) is 5.71. The highest BCUT2D eigenvalue weighted by Gasteiger charge is 2.23. The molecule has 1 amide bonds. The monoisotopic (exact) mass is 314 g/mol. The van der Waals surface area contributed by atoms with Gasteiger partial charge in [-0.15, -0.1) is 0 Å². The molecule has 1 aliphatic rings. The molecule has 1 saturated heterocycles. The maximum Gasteiger partial charge on any atom is 0.282 e. The molecule has 0 spiro atoms. The second kappa shape index (κ2) is 5.09. The number of aromatic nitrogens is 2. The Hall–Kier alpha value is -1.37. The van der Waals surface area contributed by atoms with Crippen molar-refractivity contribution >= 4 is 27.5 Å². The first-order valence-corrected chi connectivity index (χ1v) is 6.50. The number of piperidine rings is 1. The van der Waals surface area contributed by atoms with Gasteiger partial charge < -0.3 is 10.2 Å². The third-order valence-electron chi connectivity index (χ3n) is 3.06. The van der Waals surface area contributed by atoms with Gasteiger partial charge in [0.15, 0.2) is 0 Å². The van der Waals surface area contributed by atoms with Crippen LogP contribution < -0.4 is 10.9 Å². The highest BCUT2D eigenvalue weighted by Crippen LogP contribution is 2.20. The summed E-state index contributed by atoms with van der Waals surface area (Å²) in [6, 6.07) is 0.151. The van der Waals surface area contributed by atoms with Crippen LogP contribution >= 0.6 is 15.9 Å².